The molecular weight excluding hydrogens is 279 g/mol. The van der Waals surface area contributed by atoms with E-state index < -0.39 is 15.8 Å². The first-order valence-electron chi connectivity index (χ1n) is 6.82. The molecule has 1 aliphatic carbocycles. The third-order valence-corrected chi connectivity index (χ3v) is 6.12. The van der Waals surface area contributed by atoms with E-state index in [1.165, 1.54) is 22.5 Å². The molecule has 0 unspecified atom stereocenters. The van der Waals surface area contributed by atoms with Gasteiger partial charge in [-0.1, -0.05) is 0 Å². The molecule has 1 fully saturated rings. The summed E-state index contributed by atoms with van der Waals surface area (Å²) < 4.78 is 39.8. The molecule has 0 atom stereocenters. The number of halogens is 1. The summed E-state index contributed by atoms with van der Waals surface area (Å²) in [5.41, 5.74) is 6.28. The third-order valence-electron chi connectivity index (χ3n) is 4.05. The first-order valence-corrected chi connectivity index (χ1v) is 8.26. The van der Waals surface area contributed by atoms with Gasteiger partial charge in [0.1, 0.15) is 5.82 Å². The number of aryl methyl sites for hydroxylation is 1. The highest BCUT2D eigenvalue weighted by Gasteiger charge is 2.31. The largest absolute Gasteiger partial charge is 0.328 e. The smallest absolute Gasteiger partial charge is 0.243 e. The minimum absolute atomic E-state index is 0.0238. The van der Waals surface area contributed by atoms with E-state index in [1.807, 2.05) is 0 Å². The Kier molecular flexibility index (Phi) is 4.46. The molecule has 1 aromatic carbocycles. The van der Waals surface area contributed by atoms with Crippen LogP contribution in [-0.4, -0.2) is 31.9 Å². The van der Waals surface area contributed by atoms with E-state index in [1.54, 1.807) is 14.0 Å². The van der Waals surface area contributed by atoms with Gasteiger partial charge in [0.2, 0.25) is 10.0 Å². The summed E-state index contributed by atoms with van der Waals surface area (Å²) in [6.45, 7) is 1.61. The number of benzene rings is 1. The van der Waals surface area contributed by atoms with Gasteiger partial charge in [-0.05, 0) is 56.4 Å². The highest BCUT2D eigenvalue weighted by atomic mass is 32.2. The maximum atomic E-state index is 13.1. The Morgan fingerprint density at radius 2 is 1.85 bits per heavy atom. The predicted octanol–water partition coefficient (Wildman–Crippen LogP) is 2.02. The average molecular weight is 300 g/mol. The third kappa shape index (κ3) is 3.02. The fourth-order valence-electron chi connectivity index (χ4n) is 2.72. The lowest BCUT2D eigenvalue weighted by molar-refractivity contribution is 0.268. The van der Waals surface area contributed by atoms with Crippen LogP contribution in [0, 0.1) is 12.7 Å². The Morgan fingerprint density at radius 1 is 1.25 bits per heavy atom. The number of nitrogens with two attached hydrogens (primary N) is 1. The van der Waals surface area contributed by atoms with Crippen molar-refractivity contribution in [3.63, 3.8) is 0 Å². The van der Waals surface area contributed by atoms with Crippen molar-refractivity contribution >= 4 is 10.0 Å². The zero-order valence-corrected chi connectivity index (χ0v) is 12.7. The summed E-state index contributed by atoms with van der Waals surface area (Å²) in [4.78, 5) is 0.177. The van der Waals surface area contributed by atoms with Gasteiger partial charge >= 0.3 is 0 Å². The van der Waals surface area contributed by atoms with Crippen molar-refractivity contribution < 1.29 is 12.8 Å². The molecule has 2 N–H and O–H groups in total. The highest BCUT2D eigenvalue weighted by Crippen LogP contribution is 2.27. The molecule has 0 bridgehead atoms. The van der Waals surface area contributed by atoms with Gasteiger partial charge in [-0.15, -0.1) is 0 Å². The molecule has 112 valence electrons. The zero-order chi connectivity index (χ0) is 14.9. The van der Waals surface area contributed by atoms with Crippen LogP contribution in [-0.2, 0) is 10.0 Å². The Balaban J connectivity index is 2.25. The molecule has 1 saturated carbocycles. The maximum absolute atomic E-state index is 13.1. The van der Waals surface area contributed by atoms with E-state index in [4.69, 9.17) is 5.73 Å². The number of hydrogen-bond donors (Lipinski definition) is 1. The molecule has 4 nitrogen and oxygen atoms in total. The molecule has 1 aromatic rings. The van der Waals surface area contributed by atoms with E-state index >= 15 is 0 Å². The summed E-state index contributed by atoms with van der Waals surface area (Å²) in [5.74, 6) is -0.423. The summed E-state index contributed by atoms with van der Waals surface area (Å²) in [6, 6.07) is 3.92. The fourth-order valence-corrected chi connectivity index (χ4v) is 4.34. The van der Waals surface area contributed by atoms with Crippen molar-refractivity contribution in [3.8, 4) is 0 Å². The first kappa shape index (κ1) is 15.4. The van der Waals surface area contributed by atoms with E-state index in [-0.39, 0.29) is 17.0 Å². The van der Waals surface area contributed by atoms with Crippen molar-refractivity contribution in [2.75, 3.05) is 7.05 Å². The summed E-state index contributed by atoms with van der Waals surface area (Å²) in [6.07, 6.45) is 3.23. The molecule has 1 aliphatic rings. The molecule has 0 amide bonds. The first-order chi connectivity index (χ1) is 9.32. The number of nitrogens with zero attached hydrogens (tertiary/aromatic N) is 1. The molecule has 0 heterocycles. The minimum atomic E-state index is -3.58. The molecular formula is C14H21FN2O2S. The van der Waals surface area contributed by atoms with E-state index in [0.29, 0.717) is 5.56 Å². The Hall–Kier alpha value is -0.980. The Bertz CT molecular complexity index is 581. The number of hydrogen-bond acceptors (Lipinski definition) is 3. The van der Waals surface area contributed by atoms with Crippen LogP contribution in [0.15, 0.2) is 23.1 Å². The van der Waals surface area contributed by atoms with Crippen LogP contribution in [0.25, 0.3) is 0 Å². The predicted molar refractivity (Wildman–Crippen MR) is 76.3 cm³/mol. The van der Waals surface area contributed by atoms with Gasteiger partial charge in [-0.25, -0.2) is 12.8 Å². The lowest BCUT2D eigenvalue weighted by Gasteiger charge is -2.33. The number of sulfonamides is 1. The van der Waals surface area contributed by atoms with Crippen LogP contribution in [0.3, 0.4) is 0 Å². The SMILES string of the molecule is Cc1cc(F)ccc1S(=O)(=O)N(C)C1CCC(N)CC1. The van der Waals surface area contributed by atoms with Gasteiger partial charge < -0.3 is 5.73 Å². The molecule has 0 aliphatic heterocycles. The van der Waals surface area contributed by atoms with Crippen molar-refractivity contribution in [1.82, 2.24) is 4.31 Å². The monoisotopic (exact) mass is 300 g/mol. The molecule has 0 saturated heterocycles. The van der Waals surface area contributed by atoms with Gasteiger partial charge in [0.15, 0.2) is 0 Å². The normalized spacial score (nSPS) is 24.1. The van der Waals surface area contributed by atoms with Crippen LogP contribution < -0.4 is 5.73 Å². The standard InChI is InChI=1S/C14H21FN2O2S/c1-10-9-11(15)3-8-14(10)20(18,19)17(2)13-6-4-12(16)5-7-13/h3,8-9,12-13H,4-7,16H2,1-2H3. The zero-order valence-electron chi connectivity index (χ0n) is 11.8. The van der Waals surface area contributed by atoms with Crippen LogP contribution in [0.1, 0.15) is 31.2 Å². The van der Waals surface area contributed by atoms with Crippen LogP contribution in [0.2, 0.25) is 0 Å². The van der Waals surface area contributed by atoms with Crippen molar-refractivity contribution in [2.45, 2.75) is 49.6 Å². The molecule has 20 heavy (non-hydrogen) atoms. The Labute approximate surface area is 119 Å². The molecule has 6 heteroatoms. The minimum Gasteiger partial charge on any atom is -0.328 e. The molecule has 0 aromatic heterocycles. The highest BCUT2D eigenvalue weighted by molar-refractivity contribution is 7.89. The second kappa shape index (κ2) is 5.79. The van der Waals surface area contributed by atoms with Gasteiger partial charge in [-0.3, -0.25) is 0 Å². The van der Waals surface area contributed by atoms with Gasteiger partial charge in [0.25, 0.3) is 0 Å². The second-order valence-corrected chi connectivity index (χ2v) is 7.47. The van der Waals surface area contributed by atoms with Crippen molar-refractivity contribution in [1.29, 1.82) is 0 Å². The topological polar surface area (TPSA) is 63.4 Å². The summed E-state index contributed by atoms with van der Waals surface area (Å²) in [5, 5.41) is 0. The van der Waals surface area contributed by atoms with E-state index in [0.717, 1.165) is 25.7 Å². The fraction of sp³-hybridized carbons (Fsp3) is 0.571. The lowest BCUT2D eigenvalue weighted by Crippen LogP contribution is -2.41. The maximum Gasteiger partial charge on any atom is 0.243 e. The average Bonchev–Trinajstić information content (AvgIpc) is 2.38. The summed E-state index contributed by atoms with van der Waals surface area (Å²) in [7, 11) is -1.98. The lowest BCUT2D eigenvalue weighted by atomic mass is 9.92. The molecule has 0 spiro atoms. The van der Waals surface area contributed by atoms with Gasteiger partial charge in [-0.2, -0.15) is 4.31 Å². The second-order valence-electron chi connectivity index (χ2n) is 5.50. The van der Waals surface area contributed by atoms with Crippen LogP contribution >= 0.6 is 0 Å². The quantitative estimate of drug-likeness (QED) is 0.929. The van der Waals surface area contributed by atoms with E-state index in [9.17, 15) is 12.8 Å². The van der Waals surface area contributed by atoms with Crippen LogP contribution in [0.4, 0.5) is 4.39 Å². The van der Waals surface area contributed by atoms with E-state index in [2.05, 4.69) is 0 Å². The van der Waals surface area contributed by atoms with Crippen LogP contribution in [0.5, 0.6) is 0 Å². The summed E-state index contributed by atoms with van der Waals surface area (Å²) >= 11 is 0. The Morgan fingerprint density at radius 3 is 2.40 bits per heavy atom. The van der Waals surface area contributed by atoms with Gasteiger partial charge in [0, 0.05) is 19.1 Å². The number of rotatable bonds is 3. The van der Waals surface area contributed by atoms with Gasteiger partial charge in [0.05, 0.1) is 4.90 Å². The van der Waals surface area contributed by atoms with Crippen molar-refractivity contribution in [3.05, 3.63) is 29.6 Å². The van der Waals surface area contributed by atoms with Crippen molar-refractivity contribution in [2.24, 2.45) is 5.73 Å². The molecule has 0 radical (unpaired) electrons. The molecule has 2 rings (SSSR count).